The topological polar surface area (TPSA) is 38.5 Å². The molecule has 0 fully saturated rings. The van der Waals surface area contributed by atoms with Crippen LogP contribution < -0.4 is 15.4 Å². The number of rotatable bonds is 5. The molecule has 2 N–H and O–H groups in total. The Labute approximate surface area is 104 Å². The standard InChI is InChI=1S/C14H22N2O/c1-2-3-4-5-8-16-9-10-17-14-7-6-12(15)11-13(14)16/h6-7,11H,2-5,8-10,15H2,1H3. The molecule has 0 aliphatic carbocycles. The van der Waals surface area contributed by atoms with E-state index in [1.165, 1.54) is 25.7 Å². The fraction of sp³-hybridized carbons (Fsp3) is 0.571. The van der Waals surface area contributed by atoms with E-state index in [-0.39, 0.29) is 0 Å². The van der Waals surface area contributed by atoms with Crippen molar-refractivity contribution in [3.63, 3.8) is 0 Å². The first-order valence-corrected chi connectivity index (χ1v) is 6.58. The third kappa shape index (κ3) is 3.05. The molecule has 94 valence electrons. The fourth-order valence-electron chi connectivity index (χ4n) is 2.25. The molecule has 3 nitrogen and oxygen atoms in total. The molecule has 2 rings (SSSR count). The first-order chi connectivity index (χ1) is 8.31. The number of nitrogens with two attached hydrogens (primary N) is 1. The predicted octanol–water partition coefficient (Wildman–Crippen LogP) is 3.05. The second-order valence-corrected chi connectivity index (χ2v) is 4.62. The third-order valence-corrected chi connectivity index (χ3v) is 3.22. The molecule has 1 aromatic rings. The summed E-state index contributed by atoms with van der Waals surface area (Å²) in [5.41, 5.74) is 7.81. The smallest absolute Gasteiger partial charge is 0.142 e. The van der Waals surface area contributed by atoms with Crippen molar-refractivity contribution in [2.45, 2.75) is 32.6 Å². The van der Waals surface area contributed by atoms with Crippen molar-refractivity contribution in [2.24, 2.45) is 0 Å². The van der Waals surface area contributed by atoms with Gasteiger partial charge in [-0.2, -0.15) is 0 Å². The van der Waals surface area contributed by atoms with E-state index in [2.05, 4.69) is 11.8 Å². The van der Waals surface area contributed by atoms with Crippen molar-refractivity contribution in [3.8, 4) is 5.75 Å². The number of unbranched alkanes of at least 4 members (excludes halogenated alkanes) is 3. The van der Waals surface area contributed by atoms with E-state index < -0.39 is 0 Å². The lowest BCUT2D eigenvalue weighted by molar-refractivity contribution is 0.307. The Morgan fingerprint density at radius 2 is 2.18 bits per heavy atom. The zero-order valence-corrected chi connectivity index (χ0v) is 10.6. The summed E-state index contributed by atoms with van der Waals surface area (Å²) in [6, 6.07) is 5.90. The summed E-state index contributed by atoms with van der Waals surface area (Å²) >= 11 is 0. The Bertz CT molecular complexity index is 365. The van der Waals surface area contributed by atoms with Gasteiger partial charge in [0.15, 0.2) is 0 Å². The Morgan fingerprint density at radius 3 is 3.00 bits per heavy atom. The van der Waals surface area contributed by atoms with Gasteiger partial charge in [0.2, 0.25) is 0 Å². The van der Waals surface area contributed by atoms with Crippen LogP contribution in [0.5, 0.6) is 5.75 Å². The molecule has 0 unspecified atom stereocenters. The maximum Gasteiger partial charge on any atom is 0.142 e. The van der Waals surface area contributed by atoms with E-state index in [4.69, 9.17) is 10.5 Å². The van der Waals surface area contributed by atoms with Crippen LogP contribution in [0.3, 0.4) is 0 Å². The highest BCUT2D eigenvalue weighted by Gasteiger charge is 2.17. The lowest BCUT2D eigenvalue weighted by atomic mass is 10.1. The van der Waals surface area contributed by atoms with Gasteiger partial charge in [-0.1, -0.05) is 26.2 Å². The molecule has 17 heavy (non-hydrogen) atoms. The zero-order chi connectivity index (χ0) is 12.1. The Balaban J connectivity index is 1.98. The summed E-state index contributed by atoms with van der Waals surface area (Å²) < 4.78 is 5.64. The summed E-state index contributed by atoms with van der Waals surface area (Å²) in [6.07, 6.45) is 5.17. The Kier molecular flexibility index (Phi) is 4.13. The molecule has 0 bridgehead atoms. The number of nitrogens with zero attached hydrogens (tertiary/aromatic N) is 1. The van der Waals surface area contributed by atoms with Crippen molar-refractivity contribution in [1.29, 1.82) is 0 Å². The summed E-state index contributed by atoms with van der Waals surface area (Å²) in [5.74, 6) is 0.973. The van der Waals surface area contributed by atoms with Gasteiger partial charge in [-0.05, 0) is 24.6 Å². The average molecular weight is 234 g/mol. The number of hydrogen-bond donors (Lipinski definition) is 1. The monoisotopic (exact) mass is 234 g/mol. The highest BCUT2D eigenvalue weighted by atomic mass is 16.5. The van der Waals surface area contributed by atoms with Crippen LogP contribution in [0.2, 0.25) is 0 Å². The molecule has 0 aromatic heterocycles. The summed E-state index contributed by atoms with van der Waals surface area (Å²) in [6.45, 7) is 5.11. The highest BCUT2D eigenvalue weighted by molar-refractivity contribution is 5.65. The van der Waals surface area contributed by atoms with Crippen LogP contribution in [0.1, 0.15) is 32.6 Å². The molecule has 0 saturated heterocycles. The average Bonchev–Trinajstić information content (AvgIpc) is 2.35. The molecule has 1 aliphatic heterocycles. The molecule has 0 amide bonds. The first kappa shape index (κ1) is 12.1. The normalized spacial score (nSPS) is 14.3. The minimum atomic E-state index is 0.782. The minimum Gasteiger partial charge on any atom is -0.490 e. The van der Waals surface area contributed by atoms with Gasteiger partial charge >= 0.3 is 0 Å². The lowest BCUT2D eigenvalue weighted by Gasteiger charge is -2.31. The largest absolute Gasteiger partial charge is 0.490 e. The molecule has 0 spiro atoms. The van der Waals surface area contributed by atoms with Gasteiger partial charge < -0.3 is 15.4 Å². The van der Waals surface area contributed by atoms with Gasteiger partial charge in [0.25, 0.3) is 0 Å². The number of nitrogen functional groups attached to an aromatic ring is 1. The number of benzene rings is 1. The van der Waals surface area contributed by atoms with Gasteiger partial charge in [-0.3, -0.25) is 0 Å². The molecule has 0 saturated carbocycles. The van der Waals surface area contributed by atoms with E-state index in [0.29, 0.717) is 0 Å². The van der Waals surface area contributed by atoms with Crippen molar-refractivity contribution in [1.82, 2.24) is 0 Å². The van der Waals surface area contributed by atoms with Crippen molar-refractivity contribution in [3.05, 3.63) is 18.2 Å². The maximum atomic E-state index is 5.84. The maximum absolute atomic E-state index is 5.84. The lowest BCUT2D eigenvalue weighted by Crippen LogP contribution is -2.33. The predicted molar refractivity (Wildman–Crippen MR) is 72.7 cm³/mol. The Morgan fingerprint density at radius 1 is 1.29 bits per heavy atom. The van der Waals surface area contributed by atoms with Crippen LogP contribution >= 0.6 is 0 Å². The van der Waals surface area contributed by atoms with Crippen LogP contribution in [0, 0.1) is 0 Å². The van der Waals surface area contributed by atoms with E-state index in [1.54, 1.807) is 0 Å². The number of anilines is 2. The van der Waals surface area contributed by atoms with E-state index in [0.717, 1.165) is 36.8 Å². The third-order valence-electron chi connectivity index (χ3n) is 3.22. The summed E-state index contributed by atoms with van der Waals surface area (Å²) in [4.78, 5) is 2.39. The number of ether oxygens (including phenoxy) is 1. The number of fused-ring (bicyclic) bond motifs is 1. The van der Waals surface area contributed by atoms with Gasteiger partial charge in [0.05, 0.1) is 12.2 Å². The first-order valence-electron chi connectivity index (χ1n) is 6.58. The second-order valence-electron chi connectivity index (χ2n) is 4.62. The summed E-state index contributed by atoms with van der Waals surface area (Å²) in [5, 5.41) is 0. The molecular weight excluding hydrogens is 212 g/mol. The van der Waals surface area contributed by atoms with Gasteiger partial charge in [-0.25, -0.2) is 0 Å². The molecule has 3 heteroatoms. The highest BCUT2D eigenvalue weighted by Crippen LogP contribution is 2.33. The van der Waals surface area contributed by atoms with Gasteiger partial charge in [-0.15, -0.1) is 0 Å². The fourth-order valence-corrected chi connectivity index (χ4v) is 2.25. The molecular formula is C14H22N2O. The van der Waals surface area contributed by atoms with Gasteiger partial charge in [0.1, 0.15) is 12.4 Å². The van der Waals surface area contributed by atoms with Crippen LogP contribution in [0.4, 0.5) is 11.4 Å². The SMILES string of the molecule is CCCCCCN1CCOc2ccc(N)cc21. The summed E-state index contributed by atoms with van der Waals surface area (Å²) in [7, 11) is 0. The number of hydrogen-bond acceptors (Lipinski definition) is 3. The zero-order valence-electron chi connectivity index (χ0n) is 10.6. The van der Waals surface area contributed by atoms with Crippen LogP contribution in [0.15, 0.2) is 18.2 Å². The molecule has 1 aliphatic rings. The van der Waals surface area contributed by atoms with Crippen LogP contribution in [-0.2, 0) is 0 Å². The molecule has 0 radical (unpaired) electrons. The van der Waals surface area contributed by atoms with Crippen molar-refractivity contribution in [2.75, 3.05) is 30.3 Å². The van der Waals surface area contributed by atoms with Gasteiger partial charge in [0, 0.05) is 12.2 Å². The second kappa shape index (κ2) is 5.80. The minimum absolute atomic E-state index is 0.782. The van der Waals surface area contributed by atoms with Crippen LogP contribution in [-0.4, -0.2) is 19.7 Å². The Hall–Kier alpha value is -1.38. The molecule has 1 heterocycles. The molecule has 1 aromatic carbocycles. The van der Waals surface area contributed by atoms with Crippen molar-refractivity contribution >= 4 is 11.4 Å². The van der Waals surface area contributed by atoms with E-state index in [1.807, 2.05) is 18.2 Å². The van der Waals surface area contributed by atoms with E-state index >= 15 is 0 Å². The van der Waals surface area contributed by atoms with Crippen LogP contribution in [0.25, 0.3) is 0 Å². The molecule has 0 atom stereocenters. The van der Waals surface area contributed by atoms with Crippen molar-refractivity contribution < 1.29 is 4.74 Å². The van der Waals surface area contributed by atoms with E-state index in [9.17, 15) is 0 Å². The quantitative estimate of drug-likeness (QED) is 0.628.